The van der Waals surface area contributed by atoms with Gasteiger partial charge in [0.15, 0.2) is 0 Å². The van der Waals surface area contributed by atoms with Crippen molar-refractivity contribution in [1.29, 1.82) is 0 Å². The number of ether oxygens (including phenoxy) is 1. The Labute approximate surface area is 144 Å². The Bertz CT molecular complexity index is 647. The lowest BCUT2D eigenvalue weighted by Crippen LogP contribution is -2.35. The molecular weight excluding hydrogens is 302 g/mol. The monoisotopic (exact) mass is 329 g/mol. The van der Waals surface area contributed by atoms with E-state index in [0.29, 0.717) is 13.0 Å². The molecule has 1 unspecified atom stereocenters. The molecule has 130 valence electrons. The Morgan fingerprint density at radius 3 is 2.50 bits per heavy atom. The quantitative estimate of drug-likeness (QED) is 0.809. The zero-order valence-corrected chi connectivity index (χ0v) is 15.0. The highest BCUT2D eigenvalue weighted by Crippen LogP contribution is 2.17. The number of aryl methyl sites for hydroxylation is 2. The van der Waals surface area contributed by atoms with E-state index < -0.39 is 0 Å². The molecule has 5 heteroatoms. The van der Waals surface area contributed by atoms with Crippen LogP contribution in [0.2, 0.25) is 0 Å². The van der Waals surface area contributed by atoms with E-state index in [1.807, 2.05) is 57.7 Å². The summed E-state index contributed by atoms with van der Waals surface area (Å²) in [4.78, 5) is 14.3. The van der Waals surface area contributed by atoms with Crippen LogP contribution in [0.5, 0.6) is 5.75 Å². The van der Waals surface area contributed by atoms with Crippen LogP contribution in [-0.4, -0.2) is 43.1 Å². The van der Waals surface area contributed by atoms with E-state index in [1.54, 1.807) is 7.11 Å². The van der Waals surface area contributed by atoms with E-state index in [1.165, 1.54) is 5.69 Å². The molecule has 2 rings (SSSR count). The number of hydrogen-bond donors (Lipinski definition) is 1. The van der Waals surface area contributed by atoms with Crippen LogP contribution in [0.4, 0.5) is 0 Å². The second kappa shape index (κ2) is 8.55. The summed E-state index contributed by atoms with van der Waals surface area (Å²) in [7, 11) is 7.73. The molecule has 1 heterocycles. The van der Waals surface area contributed by atoms with Gasteiger partial charge in [0.25, 0.3) is 0 Å². The fourth-order valence-corrected chi connectivity index (χ4v) is 2.72. The maximum absolute atomic E-state index is 12.2. The van der Waals surface area contributed by atoms with Gasteiger partial charge in [0.05, 0.1) is 13.2 Å². The van der Waals surface area contributed by atoms with Gasteiger partial charge in [-0.05, 0) is 50.3 Å². The standard InChI is InChI=1S/C19H27N3O2/c1-21(2)18(17-6-5-13-22(17)3)14-20-19(23)12-9-15-7-10-16(24-4)11-8-15/h5-8,10-11,13,18H,9,12,14H2,1-4H3,(H,20,23). The smallest absolute Gasteiger partial charge is 0.220 e. The first-order chi connectivity index (χ1) is 11.5. The summed E-state index contributed by atoms with van der Waals surface area (Å²) in [6, 6.07) is 12.1. The van der Waals surface area contributed by atoms with Gasteiger partial charge in [-0.2, -0.15) is 0 Å². The molecule has 0 bridgehead atoms. The van der Waals surface area contributed by atoms with Gasteiger partial charge in [-0.25, -0.2) is 0 Å². The molecule has 0 aliphatic rings. The average molecular weight is 329 g/mol. The number of nitrogens with zero attached hydrogens (tertiary/aromatic N) is 2. The van der Waals surface area contributed by atoms with E-state index in [2.05, 4.69) is 20.9 Å². The number of carbonyl (C=O) groups excluding carboxylic acids is 1. The van der Waals surface area contributed by atoms with Crippen molar-refractivity contribution >= 4 is 5.91 Å². The van der Waals surface area contributed by atoms with E-state index in [0.717, 1.165) is 17.7 Å². The van der Waals surface area contributed by atoms with Crippen LogP contribution in [0.3, 0.4) is 0 Å². The Kier molecular flexibility index (Phi) is 6.44. The molecule has 1 aromatic heterocycles. The molecule has 0 fully saturated rings. The summed E-state index contributed by atoms with van der Waals surface area (Å²) < 4.78 is 7.23. The Balaban J connectivity index is 1.83. The summed E-state index contributed by atoms with van der Waals surface area (Å²) in [6.45, 7) is 0.603. The highest BCUT2D eigenvalue weighted by atomic mass is 16.5. The maximum atomic E-state index is 12.2. The molecule has 0 aliphatic heterocycles. The summed E-state index contributed by atoms with van der Waals surface area (Å²) in [5.74, 6) is 0.909. The van der Waals surface area contributed by atoms with E-state index in [4.69, 9.17) is 4.74 Å². The first-order valence-corrected chi connectivity index (χ1v) is 8.18. The Morgan fingerprint density at radius 1 is 1.25 bits per heavy atom. The molecule has 2 aromatic rings. The molecule has 0 saturated heterocycles. The molecule has 1 N–H and O–H groups in total. The van der Waals surface area contributed by atoms with Gasteiger partial charge >= 0.3 is 0 Å². The van der Waals surface area contributed by atoms with Crippen molar-refractivity contribution in [2.24, 2.45) is 7.05 Å². The first kappa shape index (κ1) is 18.1. The second-order valence-electron chi connectivity index (χ2n) is 6.18. The lowest BCUT2D eigenvalue weighted by molar-refractivity contribution is -0.121. The lowest BCUT2D eigenvalue weighted by atomic mass is 10.1. The minimum Gasteiger partial charge on any atom is -0.497 e. The number of nitrogens with one attached hydrogen (secondary N) is 1. The summed E-state index contributed by atoms with van der Waals surface area (Å²) >= 11 is 0. The van der Waals surface area contributed by atoms with Crippen LogP contribution in [0.1, 0.15) is 23.7 Å². The number of amides is 1. The molecule has 5 nitrogen and oxygen atoms in total. The predicted octanol–water partition coefficient (Wildman–Crippen LogP) is 2.39. The predicted molar refractivity (Wildman–Crippen MR) is 96.2 cm³/mol. The molecule has 1 atom stereocenters. The lowest BCUT2D eigenvalue weighted by Gasteiger charge is -2.25. The van der Waals surface area contributed by atoms with Gasteiger partial charge in [0.1, 0.15) is 5.75 Å². The van der Waals surface area contributed by atoms with Crippen LogP contribution in [0.15, 0.2) is 42.6 Å². The van der Waals surface area contributed by atoms with Crippen molar-refractivity contribution in [2.45, 2.75) is 18.9 Å². The maximum Gasteiger partial charge on any atom is 0.220 e. The first-order valence-electron chi connectivity index (χ1n) is 8.18. The number of rotatable bonds is 8. The molecule has 0 saturated carbocycles. The van der Waals surface area contributed by atoms with Crippen molar-refractivity contribution in [1.82, 2.24) is 14.8 Å². The van der Waals surface area contributed by atoms with Crippen LogP contribution >= 0.6 is 0 Å². The molecule has 0 radical (unpaired) electrons. The van der Waals surface area contributed by atoms with Crippen LogP contribution in [-0.2, 0) is 18.3 Å². The summed E-state index contributed by atoms with van der Waals surface area (Å²) in [6.07, 6.45) is 3.24. The number of aromatic nitrogens is 1. The molecule has 1 aromatic carbocycles. The van der Waals surface area contributed by atoms with Crippen molar-refractivity contribution in [3.8, 4) is 5.75 Å². The van der Waals surface area contributed by atoms with E-state index >= 15 is 0 Å². The molecular formula is C19H27N3O2. The second-order valence-corrected chi connectivity index (χ2v) is 6.18. The zero-order valence-electron chi connectivity index (χ0n) is 15.0. The minimum atomic E-state index is 0.0758. The number of hydrogen-bond acceptors (Lipinski definition) is 3. The fraction of sp³-hybridized carbons (Fsp3) is 0.421. The number of methoxy groups -OCH3 is 1. The molecule has 0 spiro atoms. The normalized spacial score (nSPS) is 12.2. The number of benzene rings is 1. The van der Waals surface area contributed by atoms with E-state index in [-0.39, 0.29) is 11.9 Å². The number of likely N-dealkylation sites (N-methyl/N-ethyl adjacent to an activating group) is 1. The Morgan fingerprint density at radius 2 is 1.96 bits per heavy atom. The van der Waals surface area contributed by atoms with Gasteiger partial charge in [-0.3, -0.25) is 9.69 Å². The fourth-order valence-electron chi connectivity index (χ4n) is 2.72. The number of carbonyl (C=O) groups is 1. The third-order valence-corrected chi connectivity index (χ3v) is 4.24. The largest absolute Gasteiger partial charge is 0.497 e. The van der Waals surface area contributed by atoms with Crippen molar-refractivity contribution in [2.75, 3.05) is 27.7 Å². The van der Waals surface area contributed by atoms with Gasteiger partial charge in [-0.15, -0.1) is 0 Å². The van der Waals surface area contributed by atoms with Gasteiger partial charge in [0, 0.05) is 31.9 Å². The van der Waals surface area contributed by atoms with Crippen molar-refractivity contribution in [3.05, 3.63) is 53.9 Å². The molecule has 0 aliphatic carbocycles. The van der Waals surface area contributed by atoms with Gasteiger partial charge in [0.2, 0.25) is 5.91 Å². The molecule has 24 heavy (non-hydrogen) atoms. The van der Waals surface area contributed by atoms with Gasteiger partial charge in [-0.1, -0.05) is 12.1 Å². The van der Waals surface area contributed by atoms with Gasteiger partial charge < -0.3 is 14.6 Å². The third-order valence-electron chi connectivity index (χ3n) is 4.24. The average Bonchev–Trinajstić information content (AvgIpc) is 2.99. The zero-order chi connectivity index (χ0) is 17.5. The SMILES string of the molecule is COc1ccc(CCC(=O)NCC(c2cccn2C)N(C)C)cc1. The van der Waals surface area contributed by atoms with Crippen LogP contribution < -0.4 is 10.1 Å². The Hall–Kier alpha value is -2.27. The van der Waals surface area contributed by atoms with Crippen LogP contribution in [0, 0.1) is 0 Å². The summed E-state index contributed by atoms with van der Waals surface area (Å²) in [5, 5.41) is 3.05. The minimum absolute atomic E-state index is 0.0758. The topological polar surface area (TPSA) is 46.5 Å². The third kappa shape index (κ3) is 4.86. The molecule has 1 amide bonds. The van der Waals surface area contributed by atoms with Crippen molar-refractivity contribution in [3.63, 3.8) is 0 Å². The van der Waals surface area contributed by atoms with Crippen molar-refractivity contribution < 1.29 is 9.53 Å². The van der Waals surface area contributed by atoms with E-state index in [9.17, 15) is 4.79 Å². The highest BCUT2D eigenvalue weighted by molar-refractivity contribution is 5.76. The van der Waals surface area contributed by atoms with Crippen LogP contribution in [0.25, 0.3) is 0 Å². The highest BCUT2D eigenvalue weighted by Gasteiger charge is 2.17. The summed E-state index contributed by atoms with van der Waals surface area (Å²) in [5.41, 5.74) is 2.33.